The summed E-state index contributed by atoms with van der Waals surface area (Å²) in [7, 11) is 0. The molecule has 0 aliphatic rings. The van der Waals surface area contributed by atoms with Crippen LogP contribution in [-0.2, 0) is 6.54 Å². The van der Waals surface area contributed by atoms with Gasteiger partial charge in [-0.3, -0.25) is 4.79 Å². The van der Waals surface area contributed by atoms with Crippen molar-refractivity contribution in [2.24, 2.45) is 5.73 Å². The van der Waals surface area contributed by atoms with Gasteiger partial charge in [0.2, 0.25) is 5.91 Å². The number of benzene rings is 2. The number of carbonyl (C=O) groups is 1. The lowest BCUT2D eigenvalue weighted by Gasteiger charge is -2.16. The minimum Gasteiger partial charge on any atom is -0.366 e. The van der Waals surface area contributed by atoms with Crippen LogP contribution in [-0.4, -0.2) is 5.91 Å². The number of amides is 1. The van der Waals surface area contributed by atoms with Crippen molar-refractivity contribution in [1.29, 1.82) is 0 Å². The summed E-state index contributed by atoms with van der Waals surface area (Å²) in [6.07, 6.45) is 0. The van der Waals surface area contributed by atoms with E-state index in [1.165, 1.54) is 12.1 Å². The molecule has 0 aliphatic carbocycles. The highest BCUT2D eigenvalue weighted by molar-refractivity contribution is 6.31. The number of halogens is 2. The Morgan fingerprint density at radius 2 is 2.10 bits per heavy atom. The molecule has 0 heterocycles. The standard InChI is InChI=1S/C16H16ClFN2O/c1-10(14-6-5-13(18)8-15(14)17)20-9-11-3-2-4-12(7-11)16(19)21/h2-8,10,20H,9H2,1H3,(H2,19,21). The lowest BCUT2D eigenvalue weighted by Crippen LogP contribution is -2.19. The summed E-state index contributed by atoms with van der Waals surface area (Å²) in [5.74, 6) is -0.809. The molecular formula is C16H16ClFN2O. The van der Waals surface area contributed by atoms with Gasteiger partial charge in [-0.2, -0.15) is 0 Å². The summed E-state index contributed by atoms with van der Waals surface area (Å²) in [5.41, 5.74) is 7.49. The highest BCUT2D eigenvalue weighted by atomic mass is 35.5. The molecule has 0 bridgehead atoms. The molecule has 3 nitrogen and oxygen atoms in total. The van der Waals surface area contributed by atoms with Gasteiger partial charge in [0.15, 0.2) is 0 Å². The van der Waals surface area contributed by atoms with Crippen LogP contribution in [0.25, 0.3) is 0 Å². The first-order valence-corrected chi connectivity index (χ1v) is 6.92. The third-order valence-electron chi connectivity index (χ3n) is 3.25. The predicted molar refractivity (Wildman–Crippen MR) is 81.6 cm³/mol. The number of nitrogens with two attached hydrogens (primary N) is 1. The molecule has 21 heavy (non-hydrogen) atoms. The number of rotatable bonds is 5. The van der Waals surface area contributed by atoms with Gasteiger partial charge in [0.05, 0.1) is 0 Å². The Hall–Kier alpha value is -1.91. The maximum absolute atomic E-state index is 13.0. The molecule has 0 aromatic heterocycles. The second-order valence-corrected chi connectivity index (χ2v) is 5.24. The van der Waals surface area contributed by atoms with Gasteiger partial charge < -0.3 is 11.1 Å². The molecule has 2 rings (SSSR count). The predicted octanol–water partition coefficient (Wildman–Crippen LogP) is 3.43. The zero-order valence-electron chi connectivity index (χ0n) is 11.6. The molecule has 1 amide bonds. The Morgan fingerprint density at radius 3 is 2.76 bits per heavy atom. The SMILES string of the molecule is CC(NCc1cccc(C(N)=O)c1)c1ccc(F)cc1Cl. The summed E-state index contributed by atoms with van der Waals surface area (Å²) < 4.78 is 13.0. The van der Waals surface area contributed by atoms with Crippen molar-refractivity contribution in [1.82, 2.24) is 5.32 Å². The Morgan fingerprint density at radius 1 is 1.33 bits per heavy atom. The van der Waals surface area contributed by atoms with Gasteiger partial charge in [-0.25, -0.2) is 4.39 Å². The molecule has 0 radical (unpaired) electrons. The number of hydrogen-bond acceptors (Lipinski definition) is 2. The average molecular weight is 307 g/mol. The van der Waals surface area contributed by atoms with E-state index in [-0.39, 0.29) is 11.9 Å². The van der Waals surface area contributed by atoms with E-state index < -0.39 is 5.91 Å². The van der Waals surface area contributed by atoms with Crippen LogP contribution in [0.15, 0.2) is 42.5 Å². The lowest BCUT2D eigenvalue weighted by molar-refractivity contribution is 0.1000. The van der Waals surface area contributed by atoms with Gasteiger partial charge in [-0.1, -0.05) is 29.8 Å². The van der Waals surface area contributed by atoms with Gasteiger partial charge in [-0.05, 0) is 42.3 Å². The summed E-state index contributed by atoms with van der Waals surface area (Å²) in [6, 6.07) is 11.4. The van der Waals surface area contributed by atoms with Crippen LogP contribution in [0.3, 0.4) is 0 Å². The van der Waals surface area contributed by atoms with Gasteiger partial charge in [0, 0.05) is 23.2 Å². The normalized spacial score (nSPS) is 12.1. The zero-order valence-corrected chi connectivity index (χ0v) is 12.3. The molecule has 0 saturated heterocycles. The quantitative estimate of drug-likeness (QED) is 0.889. The lowest BCUT2D eigenvalue weighted by atomic mass is 10.1. The molecule has 110 valence electrons. The van der Waals surface area contributed by atoms with Crippen molar-refractivity contribution in [2.45, 2.75) is 19.5 Å². The van der Waals surface area contributed by atoms with Crippen molar-refractivity contribution >= 4 is 17.5 Å². The molecule has 0 spiro atoms. The van der Waals surface area contributed by atoms with Crippen LogP contribution >= 0.6 is 11.6 Å². The van der Waals surface area contributed by atoms with E-state index in [1.54, 1.807) is 24.3 Å². The van der Waals surface area contributed by atoms with E-state index in [0.29, 0.717) is 17.1 Å². The molecule has 0 fully saturated rings. The van der Waals surface area contributed by atoms with Crippen LogP contribution in [0.2, 0.25) is 5.02 Å². The van der Waals surface area contributed by atoms with E-state index in [1.807, 2.05) is 13.0 Å². The molecule has 3 N–H and O–H groups in total. The van der Waals surface area contributed by atoms with Crippen molar-refractivity contribution in [3.63, 3.8) is 0 Å². The summed E-state index contributed by atoms with van der Waals surface area (Å²) in [4.78, 5) is 11.1. The highest BCUT2D eigenvalue weighted by Crippen LogP contribution is 2.23. The zero-order chi connectivity index (χ0) is 15.4. The van der Waals surface area contributed by atoms with Crippen LogP contribution in [0.4, 0.5) is 4.39 Å². The van der Waals surface area contributed by atoms with Crippen molar-refractivity contribution in [3.8, 4) is 0 Å². The fraction of sp³-hybridized carbons (Fsp3) is 0.188. The van der Waals surface area contributed by atoms with Gasteiger partial charge in [-0.15, -0.1) is 0 Å². The molecule has 0 saturated carbocycles. The van der Waals surface area contributed by atoms with E-state index >= 15 is 0 Å². The molecule has 0 aliphatic heterocycles. The first-order chi connectivity index (χ1) is 9.97. The van der Waals surface area contributed by atoms with Crippen LogP contribution in [0.5, 0.6) is 0 Å². The highest BCUT2D eigenvalue weighted by Gasteiger charge is 2.10. The maximum atomic E-state index is 13.0. The van der Waals surface area contributed by atoms with E-state index in [0.717, 1.165) is 11.1 Å². The second-order valence-electron chi connectivity index (χ2n) is 4.83. The van der Waals surface area contributed by atoms with Crippen molar-refractivity contribution in [3.05, 3.63) is 70.0 Å². The summed E-state index contributed by atoms with van der Waals surface area (Å²) in [5, 5.41) is 3.67. The molecule has 2 aromatic carbocycles. The van der Waals surface area contributed by atoms with Crippen molar-refractivity contribution < 1.29 is 9.18 Å². The average Bonchev–Trinajstić information content (AvgIpc) is 2.45. The summed E-state index contributed by atoms with van der Waals surface area (Å²) in [6.45, 7) is 2.49. The summed E-state index contributed by atoms with van der Waals surface area (Å²) >= 11 is 6.03. The van der Waals surface area contributed by atoms with Gasteiger partial charge >= 0.3 is 0 Å². The monoisotopic (exact) mass is 306 g/mol. The Balaban J connectivity index is 2.05. The molecule has 1 unspecified atom stereocenters. The second kappa shape index (κ2) is 6.70. The van der Waals surface area contributed by atoms with E-state index in [4.69, 9.17) is 17.3 Å². The maximum Gasteiger partial charge on any atom is 0.248 e. The minimum atomic E-state index is -0.452. The van der Waals surface area contributed by atoms with Crippen LogP contribution < -0.4 is 11.1 Å². The Kier molecular flexibility index (Phi) is 4.94. The van der Waals surface area contributed by atoms with E-state index in [9.17, 15) is 9.18 Å². The fourth-order valence-electron chi connectivity index (χ4n) is 2.07. The molecule has 2 aromatic rings. The third-order valence-corrected chi connectivity index (χ3v) is 3.58. The minimum absolute atomic E-state index is 0.0460. The number of primary amides is 1. The van der Waals surface area contributed by atoms with Crippen LogP contribution in [0.1, 0.15) is 34.5 Å². The Bertz CT molecular complexity index is 660. The molecule has 1 atom stereocenters. The number of carbonyl (C=O) groups excluding carboxylic acids is 1. The fourth-order valence-corrected chi connectivity index (χ4v) is 2.40. The van der Waals surface area contributed by atoms with Gasteiger partial charge in [0.1, 0.15) is 5.82 Å². The third kappa shape index (κ3) is 4.03. The first kappa shape index (κ1) is 15.5. The Labute approximate surface area is 127 Å². The van der Waals surface area contributed by atoms with Crippen LogP contribution in [0, 0.1) is 5.82 Å². The van der Waals surface area contributed by atoms with Crippen molar-refractivity contribution in [2.75, 3.05) is 0 Å². The smallest absolute Gasteiger partial charge is 0.248 e. The first-order valence-electron chi connectivity index (χ1n) is 6.54. The van der Waals surface area contributed by atoms with E-state index in [2.05, 4.69) is 5.32 Å². The number of nitrogens with one attached hydrogen (secondary N) is 1. The molecular weight excluding hydrogens is 291 g/mol. The van der Waals surface area contributed by atoms with Gasteiger partial charge in [0.25, 0.3) is 0 Å². The number of hydrogen-bond donors (Lipinski definition) is 2. The largest absolute Gasteiger partial charge is 0.366 e. The molecule has 5 heteroatoms. The topological polar surface area (TPSA) is 55.1 Å².